The lowest BCUT2D eigenvalue weighted by atomic mass is 9.98. The minimum atomic E-state index is -0.733. The molecule has 3 atom stereocenters. The molecule has 1 unspecified atom stereocenters. The first-order chi connectivity index (χ1) is 9.61. The quantitative estimate of drug-likeness (QED) is 0.832. The van der Waals surface area contributed by atoms with Gasteiger partial charge >= 0.3 is 12.0 Å². The molecule has 1 saturated heterocycles. The van der Waals surface area contributed by atoms with Gasteiger partial charge in [0.05, 0.1) is 5.92 Å². The molecule has 2 fully saturated rings. The second kappa shape index (κ2) is 6.95. The van der Waals surface area contributed by atoms with Crippen molar-refractivity contribution >= 4 is 12.0 Å². The highest BCUT2D eigenvalue weighted by atomic mass is 16.4. The van der Waals surface area contributed by atoms with Gasteiger partial charge < -0.3 is 15.3 Å². The van der Waals surface area contributed by atoms with E-state index in [4.69, 9.17) is 5.11 Å². The largest absolute Gasteiger partial charge is 0.481 e. The lowest BCUT2D eigenvalue weighted by Crippen LogP contribution is -2.50. The Bertz CT molecular complexity index is 357. The van der Waals surface area contributed by atoms with E-state index in [9.17, 15) is 9.59 Å². The predicted octanol–water partition coefficient (Wildman–Crippen LogP) is 2.60. The summed E-state index contributed by atoms with van der Waals surface area (Å²) in [5.41, 5.74) is 0. The number of rotatable bonds is 4. The number of aliphatic carboxylic acids is 1. The van der Waals surface area contributed by atoms with Crippen molar-refractivity contribution < 1.29 is 14.7 Å². The number of carbonyl (C=O) groups is 2. The zero-order valence-corrected chi connectivity index (χ0v) is 12.3. The Morgan fingerprint density at radius 2 is 2.05 bits per heavy atom. The highest BCUT2D eigenvalue weighted by Gasteiger charge is 2.33. The van der Waals surface area contributed by atoms with Gasteiger partial charge in [0.25, 0.3) is 0 Å². The van der Waals surface area contributed by atoms with Gasteiger partial charge in [-0.25, -0.2) is 4.79 Å². The minimum Gasteiger partial charge on any atom is -0.481 e. The van der Waals surface area contributed by atoms with Crippen LogP contribution in [0.1, 0.15) is 58.3 Å². The van der Waals surface area contributed by atoms with Crippen molar-refractivity contribution in [1.29, 1.82) is 0 Å². The molecule has 114 valence electrons. The number of amides is 2. The Hall–Kier alpha value is -1.26. The van der Waals surface area contributed by atoms with Gasteiger partial charge in [-0.1, -0.05) is 13.3 Å². The van der Waals surface area contributed by atoms with Gasteiger partial charge in [0.1, 0.15) is 0 Å². The number of carboxylic acid groups (broad SMARTS) is 1. The molecule has 0 bridgehead atoms. The van der Waals surface area contributed by atoms with Crippen LogP contribution in [0.4, 0.5) is 4.79 Å². The average Bonchev–Trinajstić information content (AvgIpc) is 2.88. The van der Waals surface area contributed by atoms with Crippen LogP contribution in [0.3, 0.4) is 0 Å². The van der Waals surface area contributed by atoms with Crippen molar-refractivity contribution in [2.24, 2.45) is 5.92 Å². The smallest absolute Gasteiger partial charge is 0.317 e. The molecular formula is C15H26N2O3. The summed E-state index contributed by atoms with van der Waals surface area (Å²) in [6, 6.07) is 0.414. The van der Waals surface area contributed by atoms with Crippen LogP contribution in [0.2, 0.25) is 0 Å². The standard InChI is InChI=1S/C15H26N2O3/c1-2-5-13-6-3-4-9-17(13)15(20)16-12-8-7-11(10-12)14(18)19/h11-13H,2-10H2,1H3,(H,16,20)(H,18,19)/t11-,12+,13?/m1/s1. The fraction of sp³-hybridized carbons (Fsp3) is 0.867. The molecule has 5 heteroatoms. The van der Waals surface area contributed by atoms with E-state index in [2.05, 4.69) is 12.2 Å². The molecule has 2 rings (SSSR count). The second-order valence-corrected chi connectivity index (χ2v) is 6.13. The van der Waals surface area contributed by atoms with Crippen LogP contribution in [0.25, 0.3) is 0 Å². The topological polar surface area (TPSA) is 69.6 Å². The second-order valence-electron chi connectivity index (χ2n) is 6.13. The Labute approximate surface area is 120 Å². The molecule has 2 N–H and O–H groups in total. The summed E-state index contributed by atoms with van der Waals surface area (Å²) < 4.78 is 0. The first kappa shape index (κ1) is 15.1. The number of carboxylic acids is 1. The number of nitrogens with zero attached hydrogens (tertiary/aromatic N) is 1. The fourth-order valence-corrected chi connectivity index (χ4v) is 3.50. The van der Waals surface area contributed by atoms with E-state index in [0.717, 1.165) is 38.6 Å². The summed E-state index contributed by atoms with van der Waals surface area (Å²) in [7, 11) is 0. The Morgan fingerprint density at radius 1 is 1.25 bits per heavy atom. The van der Waals surface area contributed by atoms with E-state index < -0.39 is 5.97 Å². The maximum atomic E-state index is 12.4. The molecule has 20 heavy (non-hydrogen) atoms. The number of urea groups is 1. The first-order valence-electron chi connectivity index (χ1n) is 7.91. The zero-order chi connectivity index (χ0) is 14.5. The zero-order valence-electron chi connectivity index (χ0n) is 12.3. The third-order valence-electron chi connectivity index (χ3n) is 4.62. The van der Waals surface area contributed by atoms with E-state index in [-0.39, 0.29) is 18.0 Å². The van der Waals surface area contributed by atoms with Crippen molar-refractivity contribution in [2.45, 2.75) is 70.4 Å². The Morgan fingerprint density at radius 3 is 2.70 bits per heavy atom. The van der Waals surface area contributed by atoms with Crippen LogP contribution in [-0.2, 0) is 4.79 Å². The summed E-state index contributed by atoms with van der Waals surface area (Å²) >= 11 is 0. The highest BCUT2D eigenvalue weighted by Crippen LogP contribution is 2.27. The van der Waals surface area contributed by atoms with Crippen LogP contribution in [0, 0.1) is 5.92 Å². The van der Waals surface area contributed by atoms with E-state index in [1.165, 1.54) is 6.42 Å². The summed E-state index contributed by atoms with van der Waals surface area (Å²) in [6.07, 6.45) is 7.59. The molecule has 0 aromatic carbocycles. The van der Waals surface area contributed by atoms with Gasteiger partial charge in [-0.2, -0.15) is 0 Å². The van der Waals surface area contributed by atoms with Crippen LogP contribution >= 0.6 is 0 Å². The van der Waals surface area contributed by atoms with Crippen LogP contribution < -0.4 is 5.32 Å². The fourth-order valence-electron chi connectivity index (χ4n) is 3.50. The molecule has 1 aliphatic carbocycles. The third-order valence-corrected chi connectivity index (χ3v) is 4.62. The number of hydrogen-bond acceptors (Lipinski definition) is 2. The maximum absolute atomic E-state index is 12.4. The van der Waals surface area contributed by atoms with Gasteiger partial charge in [0.15, 0.2) is 0 Å². The molecule has 1 heterocycles. The first-order valence-corrected chi connectivity index (χ1v) is 7.91. The SMILES string of the molecule is CCCC1CCCCN1C(=O)N[C@H]1CC[C@@H](C(=O)O)C1. The van der Waals surface area contributed by atoms with Gasteiger partial charge in [0, 0.05) is 18.6 Å². The number of hydrogen-bond donors (Lipinski definition) is 2. The van der Waals surface area contributed by atoms with Crippen molar-refractivity contribution in [1.82, 2.24) is 10.2 Å². The molecular weight excluding hydrogens is 256 g/mol. The normalized spacial score (nSPS) is 30.2. The molecule has 0 radical (unpaired) electrons. The van der Waals surface area contributed by atoms with Gasteiger partial charge in [0.2, 0.25) is 0 Å². The summed E-state index contributed by atoms with van der Waals surface area (Å²) in [6.45, 7) is 2.99. The number of likely N-dealkylation sites (tertiary alicyclic amines) is 1. The number of piperidine rings is 1. The van der Waals surface area contributed by atoms with E-state index in [0.29, 0.717) is 18.9 Å². The molecule has 2 aliphatic rings. The van der Waals surface area contributed by atoms with Crippen LogP contribution in [0.15, 0.2) is 0 Å². The Kier molecular flexibility index (Phi) is 5.26. The van der Waals surface area contributed by atoms with E-state index in [1.807, 2.05) is 4.90 Å². The summed E-state index contributed by atoms with van der Waals surface area (Å²) in [5.74, 6) is -1.02. The van der Waals surface area contributed by atoms with Crippen molar-refractivity contribution in [2.75, 3.05) is 6.54 Å². The summed E-state index contributed by atoms with van der Waals surface area (Å²) in [5, 5.41) is 12.0. The molecule has 0 aromatic rings. The van der Waals surface area contributed by atoms with Crippen molar-refractivity contribution in [3.8, 4) is 0 Å². The van der Waals surface area contributed by atoms with E-state index >= 15 is 0 Å². The van der Waals surface area contributed by atoms with Crippen molar-refractivity contribution in [3.05, 3.63) is 0 Å². The van der Waals surface area contributed by atoms with Gasteiger partial charge in [-0.05, 0) is 44.9 Å². The van der Waals surface area contributed by atoms with Gasteiger partial charge in [-0.3, -0.25) is 4.79 Å². The highest BCUT2D eigenvalue weighted by molar-refractivity contribution is 5.75. The number of carbonyl (C=O) groups excluding carboxylic acids is 1. The molecule has 2 amide bonds. The predicted molar refractivity (Wildman–Crippen MR) is 76.5 cm³/mol. The monoisotopic (exact) mass is 282 g/mol. The lowest BCUT2D eigenvalue weighted by Gasteiger charge is -2.36. The molecule has 5 nitrogen and oxygen atoms in total. The Balaban J connectivity index is 1.85. The number of nitrogens with one attached hydrogen (secondary N) is 1. The average molecular weight is 282 g/mol. The summed E-state index contributed by atoms with van der Waals surface area (Å²) in [4.78, 5) is 25.3. The molecule has 0 aromatic heterocycles. The van der Waals surface area contributed by atoms with Crippen molar-refractivity contribution in [3.63, 3.8) is 0 Å². The molecule has 0 spiro atoms. The van der Waals surface area contributed by atoms with E-state index in [1.54, 1.807) is 0 Å². The lowest BCUT2D eigenvalue weighted by molar-refractivity contribution is -0.141. The van der Waals surface area contributed by atoms with Crippen LogP contribution in [0.5, 0.6) is 0 Å². The van der Waals surface area contributed by atoms with Crippen LogP contribution in [-0.4, -0.2) is 40.6 Å². The maximum Gasteiger partial charge on any atom is 0.317 e. The minimum absolute atomic E-state index is 0.0131. The molecule has 1 aliphatic heterocycles. The van der Waals surface area contributed by atoms with Gasteiger partial charge in [-0.15, -0.1) is 0 Å². The third kappa shape index (κ3) is 3.64. The molecule has 1 saturated carbocycles.